The average Bonchev–Trinajstić information content (AvgIpc) is 2.89. The molecule has 0 bridgehead atoms. The zero-order valence-electron chi connectivity index (χ0n) is 14.9. The molecule has 0 aliphatic carbocycles. The van der Waals surface area contributed by atoms with E-state index in [1.165, 1.54) is 43.4 Å². The number of sulfonamides is 1. The predicted octanol–water partition coefficient (Wildman–Crippen LogP) is 3.38. The standard InChI is InChI=1S/C18H17Cl2NO6S/c1-21(11-18(22)27-12-3-5-14(19)15(20)9-12)28(23,24)13-4-6-16-17(10-13)26-8-2-7-25-16/h3-6,9-10H,2,7-8,11H2,1H3. The van der Waals surface area contributed by atoms with Gasteiger partial charge in [0.15, 0.2) is 11.5 Å². The minimum Gasteiger partial charge on any atom is -0.490 e. The van der Waals surface area contributed by atoms with Crippen LogP contribution in [0.15, 0.2) is 41.3 Å². The number of ether oxygens (including phenoxy) is 3. The van der Waals surface area contributed by atoms with Gasteiger partial charge in [-0.05, 0) is 24.3 Å². The van der Waals surface area contributed by atoms with Crippen LogP contribution in [0.3, 0.4) is 0 Å². The van der Waals surface area contributed by atoms with Crippen molar-refractivity contribution in [1.82, 2.24) is 4.31 Å². The maximum atomic E-state index is 12.8. The van der Waals surface area contributed by atoms with Gasteiger partial charge in [-0.15, -0.1) is 0 Å². The molecular formula is C18H17Cl2NO6S. The molecule has 1 heterocycles. The summed E-state index contributed by atoms with van der Waals surface area (Å²) in [5.41, 5.74) is 0. The van der Waals surface area contributed by atoms with Crippen molar-refractivity contribution >= 4 is 39.2 Å². The minimum absolute atomic E-state index is 0.0124. The third-order valence-electron chi connectivity index (χ3n) is 3.90. The van der Waals surface area contributed by atoms with Gasteiger partial charge in [0.1, 0.15) is 12.3 Å². The van der Waals surface area contributed by atoms with E-state index in [0.29, 0.717) is 36.2 Å². The van der Waals surface area contributed by atoms with Crippen LogP contribution < -0.4 is 14.2 Å². The van der Waals surface area contributed by atoms with Crippen molar-refractivity contribution in [3.05, 3.63) is 46.4 Å². The highest BCUT2D eigenvalue weighted by Crippen LogP contribution is 2.32. The van der Waals surface area contributed by atoms with Gasteiger partial charge in [0, 0.05) is 25.6 Å². The highest BCUT2D eigenvalue weighted by Gasteiger charge is 2.26. The van der Waals surface area contributed by atoms with Crippen molar-refractivity contribution in [2.75, 3.05) is 26.8 Å². The van der Waals surface area contributed by atoms with E-state index in [9.17, 15) is 13.2 Å². The first kappa shape index (κ1) is 20.7. The van der Waals surface area contributed by atoms with Crippen molar-refractivity contribution in [3.8, 4) is 17.2 Å². The van der Waals surface area contributed by atoms with Crippen molar-refractivity contribution in [3.63, 3.8) is 0 Å². The molecule has 0 N–H and O–H groups in total. The monoisotopic (exact) mass is 445 g/mol. The van der Waals surface area contributed by atoms with E-state index >= 15 is 0 Å². The molecule has 2 aromatic rings. The second-order valence-electron chi connectivity index (χ2n) is 5.97. The van der Waals surface area contributed by atoms with Gasteiger partial charge in [-0.2, -0.15) is 4.31 Å². The Bertz CT molecular complexity index is 996. The van der Waals surface area contributed by atoms with Gasteiger partial charge in [-0.25, -0.2) is 8.42 Å². The Labute approximate surface area is 172 Å². The minimum atomic E-state index is -3.94. The van der Waals surface area contributed by atoms with E-state index in [2.05, 4.69) is 0 Å². The van der Waals surface area contributed by atoms with Gasteiger partial charge < -0.3 is 14.2 Å². The zero-order chi connectivity index (χ0) is 20.3. The predicted molar refractivity (Wildman–Crippen MR) is 104 cm³/mol. The Morgan fingerprint density at radius 3 is 2.50 bits per heavy atom. The SMILES string of the molecule is CN(CC(=O)Oc1ccc(Cl)c(Cl)c1)S(=O)(=O)c1ccc2c(c1)OCCCO2. The Kier molecular flexibility index (Phi) is 6.34. The lowest BCUT2D eigenvalue weighted by atomic mass is 10.3. The number of esters is 1. The maximum Gasteiger partial charge on any atom is 0.326 e. The summed E-state index contributed by atoms with van der Waals surface area (Å²) in [5, 5.41) is 0.538. The Hall–Kier alpha value is -2.00. The third-order valence-corrected chi connectivity index (χ3v) is 6.44. The summed E-state index contributed by atoms with van der Waals surface area (Å²) in [7, 11) is -2.65. The Balaban J connectivity index is 1.72. The maximum absolute atomic E-state index is 12.8. The molecule has 0 saturated heterocycles. The summed E-state index contributed by atoms with van der Waals surface area (Å²) >= 11 is 11.7. The van der Waals surface area contributed by atoms with Crippen molar-refractivity contribution in [2.24, 2.45) is 0 Å². The van der Waals surface area contributed by atoms with Crippen LogP contribution in [0.2, 0.25) is 10.0 Å². The summed E-state index contributed by atoms with van der Waals surface area (Å²) in [4.78, 5) is 12.1. The summed E-state index contributed by atoms with van der Waals surface area (Å²) in [6, 6.07) is 8.64. The molecule has 0 amide bonds. The van der Waals surface area contributed by atoms with Gasteiger partial charge in [0.05, 0.1) is 28.2 Å². The number of benzene rings is 2. The lowest BCUT2D eigenvalue weighted by Crippen LogP contribution is -2.34. The fourth-order valence-corrected chi connectivity index (χ4v) is 3.87. The molecule has 1 aliphatic heterocycles. The first-order valence-electron chi connectivity index (χ1n) is 8.29. The van der Waals surface area contributed by atoms with Crippen LogP contribution in [0.5, 0.6) is 17.2 Å². The lowest BCUT2D eigenvalue weighted by Gasteiger charge is -2.17. The van der Waals surface area contributed by atoms with Gasteiger partial charge in [-0.1, -0.05) is 23.2 Å². The summed E-state index contributed by atoms with van der Waals surface area (Å²) < 4.78 is 42.6. The van der Waals surface area contributed by atoms with Crippen LogP contribution in [-0.2, 0) is 14.8 Å². The van der Waals surface area contributed by atoms with Gasteiger partial charge >= 0.3 is 5.97 Å². The van der Waals surface area contributed by atoms with Gasteiger partial charge in [0.2, 0.25) is 10.0 Å². The summed E-state index contributed by atoms with van der Waals surface area (Å²) in [6.45, 7) is 0.443. The molecule has 7 nitrogen and oxygen atoms in total. The highest BCUT2D eigenvalue weighted by molar-refractivity contribution is 7.89. The number of carbonyl (C=O) groups is 1. The van der Waals surface area contributed by atoms with E-state index in [4.69, 9.17) is 37.4 Å². The smallest absolute Gasteiger partial charge is 0.326 e. The lowest BCUT2D eigenvalue weighted by molar-refractivity contribution is -0.134. The summed E-state index contributed by atoms with van der Waals surface area (Å²) in [5.74, 6) is 0.239. The normalized spacial score (nSPS) is 13.9. The van der Waals surface area contributed by atoms with Crippen LogP contribution in [0.25, 0.3) is 0 Å². The number of fused-ring (bicyclic) bond motifs is 1. The molecule has 0 radical (unpaired) electrons. The van der Waals surface area contributed by atoms with E-state index in [0.717, 1.165) is 4.31 Å². The second-order valence-corrected chi connectivity index (χ2v) is 8.83. The Morgan fingerprint density at radius 1 is 1.07 bits per heavy atom. The highest BCUT2D eigenvalue weighted by atomic mass is 35.5. The van der Waals surface area contributed by atoms with E-state index < -0.39 is 22.5 Å². The van der Waals surface area contributed by atoms with Crippen LogP contribution in [0.1, 0.15) is 6.42 Å². The molecule has 1 aliphatic rings. The van der Waals surface area contributed by atoms with Gasteiger partial charge in [0.25, 0.3) is 0 Å². The number of likely N-dealkylation sites (N-methyl/N-ethyl adjacent to an activating group) is 1. The number of carbonyl (C=O) groups excluding carboxylic acids is 1. The number of hydrogen-bond donors (Lipinski definition) is 0. The second kappa shape index (κ2) is 8.57. The molecule has 28 heavy (non-hydrogen) atoms. The van der Waals surface area contributed by atoms with Crippen LogP contribution in [0.4, 0.5) is 0 Å². The first-order chi connectivity index (χ1) is 13.3. The van der Waals surface area contributed by atoms with E-state index in [1.807, 2.05) is 0 Å². The molecule has 150 valence electrons. The molecule has 0 atom stereocenters. The molecule has 2 aromatic carbocycles. The fraction of sp³-hybridized carbons (Fsp3) is 0.278. The van der Waals surface area contributed by atoms with Crippen molar-refractivity contribution in [1.29, 1.82) is 0 Å². The summed E-state index contributed by atoms with van der Waals surface area (Å²) in [6.07, 6.45) is 0.706. The van der Waals surface area contributed by atoms with E-state index in [-0.39, 0.29) is 15.7 Å². The van der Waals surface area contributed by atoms with Gasteiger partial charge in [-0.3, -0.25) is 4.79 Å². The number of nitrogens with zero attached hydrogens (tertiary/aromatic N) is 1. The Morgan fingerprint density at radius 2 is 1.79 bits per heavy atom. The van der Waals surface area contributed by atoms with E-state index in [1.54, 1.807) is 0 Å². The largest absolute Gasteiger partial charge is 0.490 e. The number of halogens is 2. The third kappa shape index (κ3) is 4.70. The zero-order valence-corrected chi connectivity index (χ0v) is 17.2. The molecule has 0 unspecified atom stereocenters. The first-order valence-corrected chi connectivity index (χ1v) is 10.5. The topological polar surface area (TPSA) is 82.1 Å². The fourth-order valence-electron chi connectivity index (χ4n) is 2.45. The molecular weight excluding hydrogens is 429 g/mol. The van der Waals surface area contributed by atoms with Crippen LogP contribution in [0, 0.1) is 0 Å². The molecule has 10 heteroatoms. The van der Waals surface area contributed by atoms with Crippen molar-refractivity contribution in [2.45, 2.75) is 11.3 Å². The average molecular weight is 446 g/mol. The molecule has 0 spiro atoms. The molecule has 0 saturated carbocycles. The quantitative estimate of drug-likeness (QED) is 0.518. The molecule has 3 rings (SSSR count). The van der Waals surface area contributed by atoms with Crippen LogP contribution >= 0.6 is 23.2 Å². The van der Waals surface area contributed by atoms with Crippen molar-refractivity contribution < 1.29 is 27.4 Å². The molecule has 0 aromatic heterocycles. The molecule has 0 fully saturated rings. The number of rotatable bonds is 5. The number of hydrogen-bond acceptors (Lipinski definition) is 6. The van der Waals surface area contributed by atoms with Crippen LogP contribution in [-0.4, -0.2) is 45.5 Å².